The molecule has 0 spiro atoms. The molecule has 1 aliphatic rings. The number of hydrogen-bond acceptors (Lipinski definition) is 3. The van der Waals surface area contributed by atoms with Crippen LogP contribution in [0.25, 0.3) is 55.2 Å². The van der Waals surface area contributed by atoms with Gasteiger partial charge in [-0.25, -0.2) is 0 Å². The molecule has 8 rings (SSSR count). The average Bonchev–Trinajstić information content (AvgIpc) is 3.55. The minimum Gasteiger partial charge on any atom is -0.327 e. The maximum absolute atomic E-state index is 8.64. The molecule has 0 aliphatic heterocycles. The van der Waals surface area contributed by atoms with Crippen LogP contribution in [0.1, 0.15) is 12.0 Å². The molecule has 1 atom stereocenters. The summed E-state index contributed by atoms with van der Waals surface area (Å²) < 4.78 is 2.45. The summed E-state index contributed by atoms with van der Waals surface area (Å²) in [5.74, 6) is 0. The van der Waals surface area contributed by atoms with Crippen LogP contribution >= 0.6 is 0 Å². The zero-order valence-electron chi connectivity index (χ0n) is 29.0. The van der Waals surface area contributed by atoms with Gasteiger partial charge in [-0.3, -0.25) is 9.69 Å². The third-order valence-corrected chi connectivity index (χ3v) is 9.92. The topological polar surface area (TPSA) is 58.0 Å². The van der Waals surface area contributed by atoms with E-state index in [0.717, 1.165) is 45.4 Å². The molecule has 0 bridgehead atoms. The Hall–Kier alpha value is -6.49. The monoisotopic (exact) mass is 672 g/mol. The van der Waals surface area contributed by atoms with Gasteiger partial charge in [0.05, 0.1) is 28.5 Å². The van der Waals surface area contributed by atoms with E-state index in [0.29, 0.717) is 12.3 Å². The number of benzene rings is 6. The van der Waals surface area contributed by atoms with Gasteiger partial charge in [0.1, 0.15) is 0 Å². The normalized spacial score (nSPS) is 14.2. The van der Waals surface area contributed by atoms with Gasteiger partial charge >= 0.3 is 0 Å². The molecule has 1 aliphatic carbocycles. The second-order valence-corrected chi connectivity index (χ2v) is 13.1. The SMILES string of the molecule is C=C/C=C\C(=N)c1ccc(N(C2C=CC(CN)=CC2)n2c3ccc(-c4ccccc4)cc3c3c(-c4ccccc4)ccc(-c4ccccc4)c32)cc1. The first-order valence-corrected chi connectivity index (χ1v) is 17.8. The Morgan fingerprint density at radius 2 is 1.38 bits per heavy atom. The first-order valence-electron chi connectivity index (χ1n) is 17.8. The Balaban J connectivity index is 1.47. The zero-order valence-corrected chi connectivity index (χ0v) is 29.0. The lowest BCUT2D eigenvalue weighted by molar-refractivity contribution is 0.637. The summed E-state index contributed by atoms with van der Waals surface area (Å²) in [6.07, 6.45) is 12.8. The Morgan fingerprint density at radius 3 is 2.00 bits per heavy atom. The summed E-state index contributed by atoms with van der Waals surface area (Å²) in [6.45, 7) is 4.28. The summed E-state index contributed by atoms with van der Waals surface area (Å²) in [6, 6.07) is 51.9. The third-order valence-electron chi connectivity index (χ3n) is 9.92. The predicted octanol–water partition coefficient (Wildman–Crippen LogP) is 11.4. The van der Waals surface area contributed by atoms with Crippen molar-refractivity contribution in [2.24, 2.45) is 5.73 Å². The molecule has 0 saturated carbocycles. The van der Waals surface area contributed by atoms with E-state index in [-0.39, 0.29) is 6.04 Å². The maximum atomic E-state index is 8.64. The van der Waals surface area contributed by atoms with E-state index in [9.17, 15) is 0 Å². The number of nitrogens with two attached hydrogens (primary N) is 1. The molecule has 1 unspecified atom stereocenters. The summed E-state index contributed by atoms with van der Waals surface area (Å²) >= 11 is 0. The minimum absolute atomic E-state index is 0.00197. The van der Waals surface area contributed by atoms with Crippen molar-refractivity contribution >= 4 is 33.2 Å². The summed E-state index contributed by atoms with van der Waals surface area (Å²) in [5.41, 5.74) is 18.8. The van der Waals surface area contributed by atoms with Crippen molar-refractivity contribution in [2.45, 2.75) is 12.5 Å². The Kier molecular flexibility index (Phi) is 9.05. The number of fused-ring (bicyclic) bond motifs is 3. The van der Waals surface area contributed by atoms with E-state index in [1.165, 1.54) is 33.0 Å². The number of hydrogen-bond donors (Lipinski definition) is 2. The van der Waals surface area contributed by atoms with Crippen molar-refractivity contribution in [1.29, 1.82) is 5.41 Å². The lowest BCUT2D eigenvalue weighted by atomic mass is 9.93. The number of anilines is 1. The number of allylic oxidation sites excluding steroid dienone is 3. The first-order chi connectivity index (χ1) is 25.6. The highest BCUT2D eigenvalue weighted by Crippen LogP contribution is 2.44. The molecule has 3 N–H and O–H groups in total. The Morgan fingerprint density at radius 1 is 0.750 bits per heavy atom. The quantitative estimate of drug-likeness (QED) is 0.112. The van der Waals surface area contributed by atoms with Gasteiger partial charge in [0, 0.05) is 22.9 Å². The van der Waals surface area contributed by atoms with Crippen molar-refractivity contribution in [3.8, 4) is 33.4 Å². The van der Waals surface area contributed by atoms with E-state index in [2.05, 4.69) is 168 Å². The molecule has 1 heterocycles. The molecule has 0 saturated heterocycles. The van der Waals surface area contributed by atoms with Crippen LogP contribution in [0.4, 0.5) is 5.69 Å². The predicted molar refractivity (Wildman–Crippen MR) is 221 cm³/mol. The van der Waals surface area contributed by atoms with Crippen molar-refractivity contribution in [1.82, 2.24) is 4.68 Å². The molecule has 52 heavy (non-hydrogen) atoms. The van der Waals surface area contributed by atoms with Crippen molar-refractivity contribution in [3.63, 3.8) is 0 Å². The summed E-state index contributed by atoms with van der Waals surface area (Å²) in [7, 11) is 0. The van der Waals surface area contributed by atoms with Crippen LogP contribution in [0, 0.1) is 5.41 Å². The third kappa shape index (κ3) is 6.10. The number of aromatic nitrogens is 1. The molecule has 0 radical (unpaired) electrons. The fourth-order valence-electron chi connectivity index (χ4n) is 7.36. The standard InChI is InChI=1S/C48H40N4/c1-2-3-19-45(50)38-22-27-41(28-23-38)51(40-25-20-34(33-49)21-26-40)52-46-31-24-39(35-13-7-4-8-14-35)32-44(46)47-42(36-15-9-5-10-16-36)29-30-43(48(47)52)37-17-11-6-12-18-37/h2-25,27-32,40,50H,1,26,33,49H2/b19-3-,50-45?. The van der Waals surface area contributed by atoms with E-state index < -0.39 is 0 Å². The van der Waals surface area contributed by atoms with Crippen LogP contribution in [0.5, 0.6) is 0 Å². The molecule has 6 aromatic carbocycles. The summed E-state index contributed by atoms with van der Waals surface area (Å²) in [4.78, 5) is 0. The minimum atomic E-state index is -0.00197. The lowest BCUT2D eigenvalue weighted by Gasteiger charge is -2.35. The van der Waals surface area contributed by atoms with Crippen LogP contribution < -0.4 is 10.7 Å². The van der Waals surface area contributed by atoms with Gasteiger partial charge in [0.2, 0.25) is 0 Å². The Labute approximate surface area is 305 Å². The van der Waals surface area contributed by atoms with Crippen molar-refractivity contribution < 1.29 is 0 Å². The van der Waals surface area contributed by atoms with Crippen LogP contribution in [-0.2, 0) is 0 Å². The van der Waals surface area contributed by atoms with Crippen molar-refractivity contribution in [2.75, 3.05) is 11.6 Å². The molecule has 0 fully saturated rings. The molecule has 4 heteroatoms. The summed E-state index contributed by atoms with van der Waals surface area (Å²) in [5, 5.41) is 13.5. The number of rotatable bonds is 10. The van der Waals surface area contributed by atoms with Gasteiger partial charge in [0.25, 0.3) is 0 Å². The van der Waals surface area contributed by atoms with Crippen LogP contribution in [0.3, 0.4) is 0 Å². The fourth-order valence-corrected chi connectivity index (χ4v) is 7.36. The van der Waals surface area contributed by atoms with Crippen LogP contribution in [0.2, 0.25) is 0 Å². The second kappa shape index (κ2) is 14.4. The molecular formula is C48H40N4. The van der Waals surface area contributed by atoms with E-state index >= 15 is 0 Å². The van der Waals surface area contributed by atoms with E-state index in [4.69, 9.17) is 11.1 Å². The van der Waals surface area contributed by atoms with Crippen LogP contribution in [-0.4, -0.2) is 23.0 Å². The van der Waals surface area contributed by atoms with Crippen molar-refractivity contribution in [3.05, 3.63) is 200 Å². The fraction of sp³-hybridized carbons (Fsp3) is 0.0625. The highest BCUT2D eigenvalue weighted by molar-refractivity contribution is 6.20. The van der Waals surface area contributed by atoms with Gasteiger partial charge in [0.15, 0.2) is 0 Å². The number of nitrogens with one attached hydrogen (secondary N) is 1. The molecular weight excluding hydrogens is 633 g/mol. The molecule has 0 amide bonds. The first kappa shape index (κ1) is 32.7. The molecule has 1 aromatic heterocycles. The van der Waals surface area contributed by atoms with Gasteiger partial charge in [-0.15, -0.1) is 0 Å². The molecule has 252 valence electrons. The number of nitrogens with zero attached hydrogens (tertiary/aromatic N) is 2. The lowest BCUT2D eigenvalue weighted by Crippen LogP contribution is -2.39. The largest absolute Gasteiger partial charge is 0.327 e. The van der Waals surface area contributed by atoms with E-state index in [1.807, 2.05) is 12.1 Å². The van der Waals surface area contributed by atoms with Gasteiger partial charge in [-0.05, 0) is 75.7 Å². The highest BCUT2D eigenvalue weighted by Gasteiger charge is 2.28. The zero-order chi connectivity index (χ0) is 35.4. The Bertz CT molecular complexity index is 2490. The smallest absolute Gasteiger partial charge is 0.0797 e. The van der Waals surface area contributed by atoms with Gasteiger partial charge in [-0.1, -0.05) is 158 Å². The van der Waals surface area contributed by atoms with Gasteiger partial charge in [-0.2, -0.15) is 0 Å². The highest BCUT2D eigenvalue weighted by atomic mass is 15.6. The van der Waals surface area contributed by atoms with E-state index in [1.54, 1.807) is 18.2 Å². The average molecular weight is 673 g/mol. The molecule has 7 aromatic rings. The van der Waals surface area contributed by atoms with Gasteiger partial charge < -0.3 is 11.1 Å². The molecule has 4 nitrogen and oxygen atoms in total. The maximum Gasteiger partial charge on any atom is 0.0797 e. The van der Waals surface area contributed by atoms with Crippen LogP contribution in [0.15, 0.2) is 194 Å². The second-order valence-electron chi connectivity index (χ2n) is 13.1.